The number of amides is 2. The van der Waals surface area contributed by atoms with Gasteiger partial charge in [-0.05, 0) is 37.1 Å². The third kappa shape index (κ3) is 2.99. The van der Waals surface area contributed by atoms with Crippen molar-refractivity contribution in [2.75, 3.05) is 10.2 Å². The smallest absolute Gasteiger partial charge is 0.278 e. The summed E-state index contributed by atoms with van der Waals surface area (Å²) in [6.07, 6.45) is 0.837. The number of carbonyl (C=O) groups excluding carboxylic acids is 2. The summed E-state index contributed by atoms with van der Waals surface area (Å²) in [6.45, 7) is 2.03. The molecule has 2 amide bonds. The average molecular weight is 363 g/mol. The van der Waals surface area contributed by atoms with Crippen LogP contribution < -0.4 is 10.2 Å². The largest absolute Gasteiger partial charge is 0.304 e. The molecule has 0 saturated heterocycles. The molecule has 5 nitrogen and oxygen atoms in total. The Kier molecular flexibility index (Phi) is 4.26. The summed E-state index contributed by atoms with van der Waals surface area (Å²) in [4.78, 5) is 31.3. The van der Waals surface area contributed by atoms with Gasteiger partial charge < -0.3 is 4.90 Å². The lowest BCUT2D eigenvalue weighted by molar-refractivity contribution is 0.0975. The van der Waals surface area contributed by atoms with E-state index in [4.69, 9.17) is 0 Å². The molecule has 1 aliphatic heterocycles. The van der Waals surface area contributed by atoms with Crippen LogP contribution in [-0.4, -0.2) is 22.8 Å². The summed E-state index contributed by atoms with van der Waals surface area (Å²) in [5, 5.41) is 4.86. The number of nitrogens with one attached hydrogen (secondary N) is 1. The summed E-state index contributed by atoms with van der Waals surface area (Å²) < 4.78 is 0. The highest BCUT2D eigenvalue weighted by atomic mass is 32.1. The van der Waals surface area contributed by atoms with Crippen molar-refractivity contribution < 1.29 is 9.59 Å². The number of rotatable bonds is 3. The van der Waals surface area contributed by atoms with Gasteiger partial charge in [0.15, 0.2) is 5.13 Å². The van der Waals surface area contributed by atoms with E-state index in [0.717, 1.165) is 12.1 Å². The molecule has 130 valence electrons. The second-order valence-electron chi connectivity index (χ2n) is 6.22. The molecule has 0 fully saturated rings. The molecule has 1 N–H and O–H groups in total. The van der Waals surface area contributed by atoms with Crippen molar-refractivity contribution >= 4 is 34.0 Å². The third-order valence-electron chi connectivity index (χ3n) is 4.41. The number of thiazole rings is 1. The fourth-order valence-electron chi connectivity index (χ4n) is 3.19. The van der Waals surface area contributed by atoms with Crippen LogP contribution in [0.2, 0.25) is 0 Å². The Labute approximate surface area is 155 Å². The summed E-state index contributed by atoms with van der Waals surface area (Å²) in [6, 6.07) is 16.9. The van der Waals surface area contributed by atoms with Gasteiger partial charge in [-0.2, -0.15) is 0 Å². The number of aromatic nitrogens is 1. The molecule has 2 heterocycles. The minimum absolute atomic E-state index is 0.0870. The number of benzene rings is 2. The van der Waals surface area contributed by atoms with E-state index < -0.39 is 0 Å². The van der Waals surface area contributed by atoms with E-state index >= 15 is 0 Å². The van der Waals surface area contributed by atoms with Crippen molar-refractivity contribution in [1.82, 2.24) is 4.98 Å². The van der Waals surface area contributed by atoms with Gasteiger partial charge in [-0.15, -0.1) is 11.3 Å². The molecule has 0 bridgehead atoms. The lowest BCUT2D eigenvalue weighted by Gasteiger charge is -2.21. The zero-order valence-corrected chi connectivity index (χ0v) is 15.0. The minimum atomic E-state index is -0.237. The van der Waals surface area contributed by atoms with Crippen molar-refractivity contribution in [3.63, 3.8) is 0 Å². The Bertz CT molecular complexity index is 968. The summed E-state index contributed by atoms with van der Waals surface area (Å²) in [5.41, 5.74) is 3.01. The Morgan fingerprint density at radius 1 is 1.12 bits per heavy atom. The first kappa shape index (κ1) is 16.5. The van der Waals surface area contributed by atoms with E-state index in [1.807, 2.05) is 37.3 Å². The Morgan fingerprint density at radius 3 is 2.65 bits per heavy atom. The fraction of sp³-hybridized carbons (Fsp3) is 0.150. The molecule has 1 aliphatic rings. The van der Waals surface area contributed by atoms with Gasteiger partial charge in [0.1, 0.15) is 5.69 Å². The van der Waals surface area contributed by atoms with E-state index in [0.29, 0.717) is 16.4 Å². The maximum Gasteiger partial charge on any atom is 0.278 e. The van der Waals surface area contributed by atoms with Crippen molar-refractivity contribution in [2.24, 2.45) is 0 Å². The highest BCUT2D eigenvalue weighted by molar-refractivity contribution is 7.14. The number of nitrogens with zero attached hydrogens (tertiary/aromatic N) is 2. The molecule has 2 aromatic carbocycles. The van der Waals surface area contributed by atoms with Crippen LogP contribution >= 0.6 is 11.3 Å². The zero-order valence-electron chi connectivity index (χ0n) is 14.2. The molecule has 1 aromatic heterocycles. The predicted octanol–water partition coefficient (Wildman–Crippen LogP) is 3.99. The molecule has 0 radical (unpaired) electrons. The second-order valence-corrected chi connectivity index (χ2v) is 7.07. The molecule has 0 saturated carbocycles. The maximum atomic E-state index is 12.9. The standard InChI is InChI=1S/C20H17N3O2S/c1-13-11-15-9-5-6-10-17(15)23(13)19(25)16-12-26-20(21-16)22-18(24)14-7-3-2-4-8-14/h2-10,12-13H,11H2,1H3,(H,21,22,24). The average Bonchev–Trinajstić information content (AvgIpc) is 3.25. The lowest BCUT2D eigenvalue weighted by Crippen LogP contribution is -2.35. The van der Waals surface area contributed by atoms with Gasteiger partial charge in [0, 0.05) is 22.7 Å². The number of carbonyl (C=O) groups is 2. The van der Waals surface area contributed by atoms with Gasteiger partial charge in [-0.25, -0.2) is 4.98 Å². The van der Waals surface area contributed by atoms with Crippen LogP contribution in [0.4, 0.5) is 10.8 Å². The monoisotopic (exact) mass is 363 g/mol. The first-order chi connectivity index (χ1) is 12.6. The molecule has 3 aromatic rings. The van der Waals surface area contributed by atoms with Gasteiger partial charge in [0.05, 0.1) is 0 Å². The number of hydrogen-bond donors (Lipinski definition) is 1. The number of anilines is 2. The Balaban J connectivity index is 1.53. The van der Waals surface area contributed by atoms with E-state index in [1.165, 1.54) is 16.9 Å². The molecule has 1 unspecified atom stereocenters. The molecule has 4 rings (SSSR count). The first-order valence-electron chi connectivity index (χ1n) is 8.37. The lowest BCUT2D eigenvalue weighted by atomic mass is 10.1. The summed E-state index contributed by atoms with van der Waals surface area (Å²) in [7, 11) is 0. The van der Waals surface area contributed by atoms with E-state index in [-0.39, 0.29) is 17.9 Å². The van der Waals surface area contributed by atoms with E-state index in [9.17, 15) is 9.59 Å². The normalized spacial score (nSPS) is 15.6. The van der Waals surface area contributed by atoms with Crippen LogP contribution in [-0.2, 0) is 6.42 Å². The topological polar surface area (TPSA) is 62.3 Å². The highest BCUT2D eigenvalue weighted by Crippen LogP contribution is 2.33. The summed E-state index contributed by atoms with van der Waals surface area (Å²) in [5.74, 6) is -0.377. The van der Waals surface area contributed by atoms with Crippen molar-refractivity contribution in [1.29, 1.82) is 0 Å². The van der Waals surface area contributed by atoms with E-state index in [1.54, 1.807) is 34.5 Å². The molecule has 6 heteroatoms. The highest BCUT2D eigenvalue weighted by Gasteiger charge is 2.32. The summed E-state index contributed by atoms with van der Waals surface area (Å²) >= 11 is 1.25. The quantitative estimate of drug-likeness (QED) is 0.765. The SMILES string of the molecule is CC1Cc2ccccc2N1C(=O)c1csc(NC(=O)c2ccccc2)n1. The van der Waals surface area contributed by atoms with Crippen LogP contribution in [0.5, 0.6) is 0 Å². The molecule has 26 heavy (non-hydrogen) atoms. The van der Waals surface area contributed by atoms with Crippen molar-refractivity contribution in [2.45, 2.75) is 19.4 Å². The molecule has 0 spiro atoms. The van der Waals surface area contributed by atoms with Gasteiger partial charge in [0.2, 0.25) is 0 Å². The molecular formula is C20H17N3O2S. The third-order valence-corrected chi connectivity index (χ3v) is 5.16. The molecular weight excluding hydrogens is 346 g/mol. The predicted molar refractivity (Wildman–Crippen MR) is 103 cm³/mol. The van der Waals surface area contributed by atoms with Crippen LogP contribution in [0.1, 0.15) is 33.3 Å². The Hall–Kier alpha value is -2.99. The van der Waals surface area contributed by atoms with Gasteiger partial charge in [0.25, 0.3) is 11.8 Å². The second kappa shape index (κ2) is 6.72. The fourth-order valence-corrected chi connectivity index (χ4v) is 3.87. The first-order valence-corrected chi connectivity index (χ1v) is 9.25. The zero-order chi connectivity index (χ0) is 18.1. The number of para-hydroxylation sites is 1. The van der Waals surface area contributed by atoms with Gasteiger partial charge in [-0.1, -0.05) is 36.4 Å². The van der Waals surface area contributed by atoms with Crippen molar-refractivity contribution in [3.8, 4) is 0 Å². The van der Waals surface area contributed by atoms with E-state index in [2.05, 4.69) is 10.3 Å². The number of hydrogen-bond acceptors (Lipinski definition) is 4. The van der Waals surface area contributed by atoms with Crippen LogP contribution in [0.3, 0.4) is 0 Å². The van der Waals surface area contributed by atoms with Gasteiger partial charge >= 0.3 is 0 Å². The Morgan fingerprint density at radius 2 is 1.85 bits per heavy atom. The maximum absolute atomic E-state index is 12.9. The minimum Gasteiger partial charge on any atom is -0.304 e. The van der Waals surface area contributed by atoms with Crippen LogP contribution in [0.15, 0.2) is 60.0 Å². The molecule has 0 aliphatic carbocycles. The van der Waals surface area contributed by atoms with Crippen LogP contribution in [0, 0.1) is 0 Å². The van der Waals surface area contributed by atoms with Crippen molar-refractivity contribution in [3.05, 3.63) is 76.8 Å². The molecule has 1 atom stereocenters. The van der Waals surface area contributed by atoms with Crippen LogP contribution in [0.25, 0.3) is 0 Å². The number of fused-ring (bicyclic) bond motifs is 1. The van der Waals surface area contributed by atoms with Gasteiger partial charge in [-0.3, -0.25) is 14.9 Å².